The number of rotatable bonds is 35. The number of aliphatic imine (C=N–C) groups is 4. The molecule has 136 heavy (non-hydrogen) atoms. The Balaban J connectivity index is 0.000000163. The lowest BCUT2D eigenvalue weighted by Gasteiger charge is -2.18. The maximum atomic E-state index is 13.2. The number of primary sulfonamides is 4. The van der Waals surface area contributed by atoms with Gasteiger partial charge in [0, 0.05) is 61.2 Å². The number of nitrogens with two attached hydrogens (primary N) is 10. The van der Waals surface area contributed by atoms with E-state index in [0.29, 0.717) is 102 Å². The number of amidine groups is 4. The molecule has 0 saturated heterocycles. The molecule has 0 bridgehead atoms. The minimum atomic E-state index is -4.62. The van der Waals surface area contributed by atoms with Gasteiger partial charge in [0.05, 0.1) is 79.8 Å². The highest BCUT2D eigenvalue weighted by Gasteiger charge is 2.39. The van der Waals surface area contributed by atoms with Crippen LogP contribution in [0.3, 0.4) is 0 Å². The van der Waals surface area contributed by atoms with Crippen LogP contribution >= 0.6 is 11.3 Å². The van der Waals surface area contributed by atoms with Gasteiger partial charge in [-0.1, -0.05) is 88.4 Å². The van der Waals surface area contributed by atoms with E-state index in [0.717, 1.165) is 22.9 Å². The molecule has 4 aliphatic rings. The van der Waals surface area contributed by atoms with Gasteiger partial charge in [-0.15, -0.1) is 31.8 Å². The number of H-pyrrole nitrogens is 2. The number of aliphatic hydroxyl groups is 2. The Morgan fingerprint density at radius 3 is 1.01 bits per heavy atom. The van der Waals surface area contributed by atoms with E-state index in [1.54, 1.807) is 82.3 Å². The number of azo groups is 4. The van der Waals surface area contributed by atoms with Gasteiger partial charge in [0.25, 0.3) is 0 Å². The van der Waals surface area contributed by atoms with Crippen LogP contribution in [0.25, 0.3) is 76.8 Å². The van der Waals surface area contributed by atoms with Crippen LogP contribution in [0.15, 0.2) is 222 Å². The van der Waals surface area contributed by atoms with E-state index >= 15 is 0 Å². The molecule has 50 nitrogen and oxygen atoms in total. The first-order valence-electron chi connectivity index (χ1n) is 40.6. The van der Waals surface area contributed by atoms with Crippen LogP contribution in [-0.4, -0.2) is 209 Å². The summed E-state index contributed by atoms with van der Waals surface area (Å²) in [6.07, 6.45) is 0.110. The first-order chi connectivity index (χ1) is 64.2. The van der Waals surface area contributed by atoms with Crippen molar-refractivity contribution in [2.45, 2.75) is 112 Å². The summed E-state index contributed by atoms with van der Waals surface area (Å²) in [5.74, 6) is 0.692. The Kier molecular flexibility index (Phi) is 32.3. The molecule has 0 aliphatic carbocycles. The number of aliphatic hydroxyl groups excluding tert-OH is 2. The number of nitrogens with zero attached hydrogens (tertiary/aromatic N) is 16. The number of hydrogen-bond acceptors (Lipinski definition) is 41. The van der Waals surface area contributed by atoms with Crippen LogP contribution in [0.5, 0.6) is 0 Å². The smallest absolute Gasteiger partial charge is 0.242 e. The Bertz CT molecular complexity index is 7190. The van der Waals surface area contributed by atoms with Crippen molar-refractivity contribution in [3.63, 3.8) is 0 Å². The van der Waals surface area contributed by atoms with Crippen LogP contribution in [-0.2, 0) is 99.8 Å². The van der Waals surface area contributed by atoms with Gasteiger partial charge < -0.3 is 54.6 Å². The van der Waals surface area contributed by atoms with E-state index in [2.05, 4.69) is 110 Å². The number of anilines is 1. The molecule has 0 radical (unpaired) electrons. The number of pyridine rings is 1. The van der Waals surface area contributed by atoms with Gasteiger partial charge in [0.2, 0.25) is 80.2 Å². The second-order valence-electron chi connectivity index (χ2n) is 30.2. The predicted molar refractivity (Wildman–Crippen MR) is 506 cm³/mol. The lowest BCUT2D eigenvalue weighted by molar-refractivity contribution is 0.174. The summed E-state index contributed by atoms with van der Waals surface area (Å²) in [5.41, 5.74) is 39.7. The summed E-state index contributed by atoms with van der Waals surface area (Å²) >= 11 is 1.39. The number of aromatic nitrogens is 6. The average Bonchev–Trinajstić information content (AvgIpc) is 1.15. The van der Waals surface area contributed by atoms with Crippen molar-refractivity contribution in [1.82, 2.24) is 48.8 Å². The topological polar surface area (TPSA) is 853 Å². The molecule has 15 rings (SSSR count). The molecule has 0 spiro atoms. The van der Waals surface area contributed by atoms with Crippen molar-refractivity contribution in [3.05, 3.63) is 160 Å². The molecule has 724 valence electrons. The lowest BCUT2D eigenvalue weighted by atomic mass is 9.97. The fourth-order valence-corrected chi connectivity index (χ4v) is 25.6. The third-order valence-corrected chi connectivity index (χ3v) is 32.0. The minimum Gasteiger partial charge on any atom is -0.392 e. The van der Waals surface area contributed by atoms with E-state index in [1.165, 1.54) is 53.9 Å². The third-order valence-electron chi connectivity index (χ3n) is 20.6. The van der Waals surface area contributed by atoms with Gasteiger partial charge >= 0.3 is 0 Å². The fraction of sp³-hybridized carbons (Fsp3) is 0.299. The molecule has 11 aromatic rings. The lowest BCUT2D eigenvalue weighted by Crippen LogP contribution is -2.33. The van der Waals surface area contributed by atoms with Gasteiger partial charge in [-0.25, -0.2) is 147 Å². The molecular weight excluding hydrogens is 1950 g/mol. The number of imidazole rings is 2. The number of fused-ring (bicyclic) bond motifs is 3. The van der Waals surface area contributed by atoms with Gasteiger partial charge in [-0.3, -0.25) is 0 Å². The number of nitrogen functional groups attached to an aromatic ring is 1. The van der Waals surface area contributed by atoms with Crippen molar-refractivity contribution in [1.29, 1.82) is 0 Å². The molecule has 4 atom stereocenters. The Labute approximate surface area is 783 Å². The predicted octanol–water partition coefficient (Wildman–Crippen LogP) is 2.24. The molecule has 8 heterocycles. The summed E-state index contributed by atoms with van der Waals surface area (Å²) in [4.78, 5) is 35.4. The number of sulfonamides is 8. The molecule has 4 aromatic heterocycles. The number of thiazole rings is 1. The zero-order chi connectivity index (χ0) is 99.0. The zero-order valence-corrected chi connectivity index (χ0v) is 79.8. The summed E-state index contributed by atoms with van der Waals surface area (Å²) in [5, 5.41) is 73.3. The van der Waals surface area contributed by atoms with Crippen LogP contribution in [0.1, 0.15) is 79.4 Å². The second kappa shape index (κ2) is 42.6. The summed E-state index contributed by atoms with van der Waals surface area (Å²) in [6.45, 7) is 7.13. The van der Waals surface area contributed by atoms with Crippen molar-refractivity contribution >= 4 is 153 Å². The van der Waals surface area contributed by atoms with E-state index in [-0.39, 0.29) is 149 Å². The van der Waals surface area contributed by atoms with Crippen molar-refractivity contribution < 1.29 is 77.6 Å². The number of aromatic amines is 2. The maximum Gasteiger partial charge on any atom is 0.242 e. The molecule has 0 unspecified atom stereocenters. The van der Waals surface area contributed by atoms with Gasteiger partial charge in [-0.2, -0.15) is 20.5 Å². The molecular formula is C77H94N32O18S9. The largest absolute Gasteiger partial charge is 0.392 e. The Morgan fingerprint density at radius 2 is 0.713 bits per heavy atom. The Hall–Kier alpha value is -11.6. The number of nitrogens with one attached hydrogen (secondary N) is 6. The highest BCUT2D eigenvalue weighted by atomic mass is 32.2. The van der Waals surface area contributed by atoms with E-state index in [1.807, 2.05) is 6.07 Å². The fourth-order valence-electron chi connectivity index (χ4n) is 13.8. The minimum absolute atomic E-state index is 0.00900. The van der Waals surface area contributed by atoms with Crippen molar-refractivity contribution in [2.75, 3.05) is 71.7 Å². The molecule has 7 aromatic carbocycles. The van der Waals surface area contributed by atoms with Crippen LogP contribution in [0.2, 0.25) is 0 Å². The standard InChI is InChI=1S/C20H25N9O4S2.C20H24N8O5S2.C20H23N7O5S3.C17H22N8O4S2/c1-11(7-21)9-26-35(32,33)15-6-5-12(13-3-2-4-14-18(13)28-16(8-22)27-14)17(19(15)34(23,30)31)20-24-10-25-29-20;1-2-11(29)9-25-35(32,33)15-7-6-12(13-4-3-5-14-18(13)27-16(8-21)26-14)17(19(15)34(22,30)31)20-23-10-24-28-20;1-2-11(28)9-25-35(31,32)15-7-6-12(13-4-3-5-14-18(13)26-16(8-21)33-14)17(19(15)34(22,29)30)20-23-10-24-27-20;1-10(6-18)7-24-31(28,29)13-4-3-12(11-2-5-14(19)21-8-11)15(16(13)30(20,26)27)17-22-9-23-25-17/h2-6,11,26H,7-10,21-22H2,1H3,(H,27,28)(H2,23,30,31);3-7,11,25,29H,2,8-10,21H2,1H3,(H,26,27)(H2,22,30,31);3-7,11,25,28H,2,8-10,21H2,1H3,(H2,22,29,30);2-5,8,10,24H,6-7,9,18H2,1H3,(H2,19,21)(H2,20,26,27)/t3*11-;10-/m1001/s1. The summed E-state index contributed by atoms with van der Waals surface area (Å²) < 4.78 is 217. The summed E-state index contributed by atoms with van der Waals surface area (Å²) in [7, 11) is -35.7. The van der Waals surface area contributed by atoms with Crippen LogP contribution < -0.4 is 73.8 Å². The zero-order valence-electron chi connectivity index (χ0n) is 72.5. The Morgan fingerprint density at radius 1 is 0.390 bits per heavy atom. The van der Waals surface area contributed by atoms with Crippen molar-refractivity contribution in [3.8, 4) is 44.5 Å². The number of hydrogen-bond donors (Lipinski definition) is 18. The quantitative estimate of drug-likeness (QED) is 0.0271. The molecule has 0 saturated carbocycles. The maximum absolute atomic E-state index is 13.2. The first kappa shape index (κ1) is 103. The van der Waals surface area contributed by atoms with Crippen molar-refractivity contribution in [2.24, 2.45) is 122 Å². The summed E-state index contributed by atoms with van der Waals surface area (Å²) in [6, 6.07) is 29.4. The van der Waals surface area contributed by atoms with Gasteiger partial charge in [0.1, 0.15) is 61.6 Å². The molecule has 0 fully saturated rings. The average molecular weight is 2040 g/mol. The highest BCUT2D eigenvalue weighted by Crippen LogP contribution is 2.43. The van der Waals surface area contributed by atoms with Gasteiger partial charge in [-0.05, 0) is 115 Å². The monoisotopic (exact) mass is 2040 g/mol. The molecule has 28 N–H and O–H groups in total. The normalized spacial score (nSPS) is 15.1. The van der Waals surface area contributed by atoms with E-state index in [4.69, 9.17) is 55.0 Å². The first-order valence-corrected chi connectivity index (χ1v) is 53.6. The van der Waals surface area contributed by atoms with Crippen LogP contribution in [0, 0.1) is 11.8 Å². The molecule has 0 amide bonds. The molecule has 59 heteroatoms. The van der Waals surface area contributed by atoms with Gasteiger partial charge in [0.15, 0.2) is 50.0 Å². The second-order valence-corrected chi connectivity index (χ2v) is 44.3. The number of benzene rings is 7. The van der Waals surface area contributed by atoms with E-state index in [9.17, 15) is 77.6 Å². The third kappa shape index (κ3) is 23.3. The highest BCUT2D eigenvalue weighted by molar-refractivity contribution is 7.94. The van der Waals surface area contributed by atoms with Crippen LogP contribution in [0.4, 0.5) is 5.82 Å². The molecule has 4 aliphatic heterocycles. The van der Waals surface area contributed by atoms with E-state index < -0.39 is 132 Å². The number of para-hydroxylation sites is 3. The SMILES string of the molecule is CC[C@H](O)CNS(=O)(=O)c1ccc(-c2cccc3[nH]c(CN)nc23)c(C2=NCN=N2)c1S(N)(=O)=O.CC[C@H](O)CNS(=O)(=O)c1ccc(-c2cccc3sc(CN)nc23)c(C2=NCN=N2)c1S(N)(=O)=O.C[C@H](CN)CNS(=O)(=O)c1ccc(-c2ccc(N)nc2)c(C2=NCN=N2)c1S(N)(=O)=O.C[C@H](CN)CNS(=O)(=O)c1ccc(-c2cccc3[nH]c(CN)nc23)c(C2=NCN=N2)c1S(N)(=O)=O.